The molecular weight excluding hydrogens is 328 g/mol. The summed E-state index contributed by atoms with van der Waals surface area (Å²) in [4.78, 5) is 24.3. The number of hydrogen-bond donors (Lipinski definition) is 4. The minimum atomic E-state index is -0.633. The number of rotatable bonds is 18. The molecule has 0 spiro atoms. The van der Waals surface area contributed by atoms with Crippen molar-refractivity contribution in [3.05, 3.63) is 0 Å². The van der Waals surface area contributed by atoms with E-state index in [2.05, 4.69) is 17.6 Å². The molecular formula is C20H42N4O2. The third-order valence-electron chi connectivity index (χ3n) is 4.62. The highest BCUT2D eigenvalue weighted by molar-refractivity contribution is 6.00. The summed E-state index contributed by atoms with van der Waals surface area (Å²) in [5, 5.41) is 5.45. The molecule has 6 nitrogen and oxygen atoms in total. The molecule has 0 atom stereocenters. The molecule has 0 fully saturated rings. The Kier molecular flexibility index (Phi) is 17.8. The van der Waals surface area contributed by atoms with E-state index >= 15 is 0 Å². The van der Waals surface area contributed by atoms with Crippen molar-refractivity contribution in [2.45, 2.75) is 84.0 Å². The third-order valence-corrected chi connectivity index (χ3v) is 4.62. The van der Waals surface area contributed by atoms with E-state index in [0.29, 0.717) is 32.6 Å². The van der Waals surface area contributed by atoms with Gasteiger partial charge >= 0.3 is 0 Å². The number of carbonyl (C=O) groups excluding carboxylic acids is 2. The van der Waals surface area contributed by atoms with Crippen molar-refractivity contribution >= 4 is 11.8 Å². The van der Waals surface area contributed by atoms with Gasteiger partial charge in [-0.05, 0) is 6.42 Å². The van der Waals surface area contributed by atoms with E-state index in [9.17, 15) is 9.59 Å². The Balaban J connectivity index is 3.87. The molecule has 6 heteroatoms. The van der Waals surface area contributed by atoms with E-state index in [1.807, 2.05) is 0 Å². The van der Waals surface area contributed by atoms with Crippen LogP contribution in [0.5, 0.6) is 0 Å². The highest BCUT2D eigenvalue weighted by atomic mass is 16.2. The second kappa shape index (κ2) is 18.6. The standard InChI is InChI=1S/C20H42N4O2/c1-2-3-4-5-6-7-8-9-10-11-12-13-18(19(25)23-16-14-21)20(26)24-17-15-22/h18H,2-17,21-22H2,1H3,(H,23,25)(H,24,26). The van der Waals surface area contributed by atoms with E-state index in [0.717, 1.165) is 12.8 Å². The summed E-state index contributed by atoms with van der Waals surface area (Å²) >= 11 is 0. The lowest BCUT2D eigenvalue weighted by Gasteiger charge is -2.16. The van der Waals surface area contributed by atoms with Crippen molar-refractivity contribution in [3.63, 3.8) is 0 Å². The van der Waals surface area contributed by atoms with Gasteiger partial charge in [-0.15, -0.1) is 0 Å². The molecule has 0 aromatic heterocycles. The van der Waals surface area contributed by atoms with Crippen LogP contribution in [0.2, 0.25) is 0 Å². The fraction of sp³-hybridized carbons (Fsp3) is 0.900. The molecule has 0 aliphatic carbocycles. The molecule has 0 saturated carbocycles. The predicted molar refractivity (Wildman–Crippen MR) is 109 cm³/mol. The summed E-state index contributed by atoms with van der Waals surface area (Å²) in [6.07, 6.45) is 14.4. The molecule has 0 aromatic carbocycles. The maximum absolute atomic E-state index is 12.2. The first-order valence-corrected chi connectivity index (χ1v) is 10.6. The van der Waals surface area contributed by atoms with Crippen LogP contribution >= 0.6 is 0 Å². The number of nitrogens with two attached hydrogens (primary N) is 2. The normalized spacial score (nSPS) is 10.9. The second-order valence-corrected chi connectivity index (χ2v) is 7.04. The summed E-state index contributed by atoms with van der Waals surface area (Å²) in [6.45, 7) is 3.80. The zero-order chi connectivity index (χ0) is 19.5. The van der Waals surface area contributed by atoms with Gasteiger partial charge in [-0.3, -0.25) is 9.59 Å². The van der Waals surface area contributed by atoms with E-state index < -0.39 is 5.92 Å². The Morgan fingerprint density at radius 2 is 1.08 bits per heavy atom. The van der Waals surface area contributed by atoms with Gasteiger partial charge in [-0.1, -0.05) is 77.6 Å². The second-order valence-electron chi connectivity index (χ2n) is 7.04. The van der Waals surface area contributed by atoms with Crippen molar-refractivity contribution in [1.82, 2.24) is 10.6 Å². The summed E-state index contributed by atoms with van der Waals surface area (Å²) in [5.41, 5.74) is 10.8. The fourth-order valence-corrected chi connectivity index (χ4v) is 3.03. The monoisotopic (exact) mass is 370 g/mol. The summed E-state index contributed by atoms with van der Waals surface area (Å²) in [5.74, 6) is -1.08. The van der Waals surface area contributed by atoms with E-state index in [-0.39, 0.29) is 11.8 Å². The molecule has 0 rings (SSSR count). The molecule has 154 valence electrons. The van der Waals surface area contributed by atoms with Crippen LogP contribution in [0.25, 0.3) is 0 Å². The molecule has 0 saturated heterocycles. The number of carbonyl (C=O) groups is 2. The topological polar surface area (TPSA) is 110 Å². The van der Waals surface area contributed by atoms with Crippen LogP contribution in [-0.2, 0) is 9.59 Å². The first-order valence-electron chi connectivity index (χ1n) is 10.6. The van der Waals surface area contributed by atoms with Gasteiger partial charge in [0, 0.05) is 26.2 Å². The van der Waals surface area contributed by atoms with Crippen molar-refractivity contribution < 1.29 is 9.59 Å². The van der Waals surface area contributed by atoms with Crippen molar-refractivity contribution in [3.8, 4) is 0 Å². The van der Waals surface area contributed by atoms with Gasteiger partial charge < -0.3 is 22.1 Å². The van der Waals surface area contributed by atoms with Gasteiger partial charge in [-0.2, -0.15) is 0 Å². The molecule has 0 aliphatic heterocycles. The molecule has 2 amide bonds. The van der Waals surface area contributed by atoms with Gasteiger partial charge in [0.2, 0.25) is 11.8 Å². The smallest absolute Gasteiger partial charge is 0.232 e. The summed E-state index contributed by atoms with van der Waals surface area (Å²) in [6, 6.07) is 0. The lowest BCUT2D eigenvalue weighted by molar-refractivity contribution is -0.135. The van der Waals surface area contributed by atoms with Crippen LogP contribution in [0.1, 0.15) is 84.0 Å². The molecule has 0 unspecified atom stereocenters. The molecule has 0 aromatic rings. The zero-order valence-corrected chi connectivity index (χ0v) is 16.9. The molecule has 0 radical (unpaired) electrons. The van der Waals surface area contributed by atoms with Crippen molar-refractivity contribution in [2.24, 2.45) is 17.4 Å². The third kappa shape index (κ3) is 14.1. The Labute approximate surface area is 160 Å². The minimum Gasteiger partial charge on any atom is -0.354 e. The Morgan fingerprint density at radius 3 is 1.46 bits per heavy atom. The van der Waals surface area contributed by atoms with Crippen LogP contribution in [0.4, 0.5) is 0 Å². The molecule has 0 aliphatic rings. The van der Waals surface area contributed by atoms with Gasteiger partial charge in [-0.25, -0.2) is 0 Å². The van der Waals surface area contributed by atoms with Crippen LogP contribution in [0.15, 0.2) is 0 Å². The van der Waals surface area contributed by atoms with Gasteiger partial charge in [0.15, 0.2) is 0 Å². The van der Waals surface area contributed by atoms with E-state index in [1.165, 1.54) is 57.8 Å². The first kappa shape index (κ1) is 24.9. The zero-order valence-electron chi connectivity index (χ0n) is 16.9. The predicted octanol–water partition coefficient (Wildman–Crippen LogP) is 2.45. The van der Waals surface area contributed by atoms with Gasteiger partial charge in [0.05, 0.1) is 0 Å². The lowest BCUT2D eigenvalue weighted by Crippen LogP contribution is -2.43. The van der Waals surface area contributed by atoms with E-state index in [4.69, 9.17) is 11.5 Å². The molecule has 0 bridgehead atoms. The number of unbranched alkanes of at least 4 members (excludes halogenated alkanes) is 10. The Bertz CT molecular complexity index is 331. The van der Waals surface area contributed by atoms with Gasteiger partial charge in [0.1, 0.15) is 5.92 Å². The fourth-order valence-electron chi connectivity index (χ4n) is 3.03. The SMILES string of the molecule is CCCCCCCCCCCCCC(C(=O)NCCN)C(=O)NCCN. The van der Waals surface area contributed by atoms with E-state index in [1.54, 1.807) is 0 Å². The number of amides is 2. The maximum Gasteiger partial charge on any atom is 0.232 e. The highest BCUT2D eigenvalue weighted by Crippen LogP contribution is 2.15. The Hall–Kier alpha value is -1.14. The lowest BCUT2D eigenvalue weighted by atomic mass is 9.98. The van der Waals surface area contributed by atoms with Crippen LogP contribution in [0, 0.1) is 5.92 Å². The maximum atomic E-state index is 12.2. The summed E-state index contributed by atoms with van der Waals surface area (Å²) < 4.78 is 0. The highest BCUT2D eigenvalue weighted by Gasteiger charge is 2.25. The molecule has 0 heterocycles. The van der Waals surface area contributed by atoms with Crippen molar-refractivity contribution in [2.75, 3.05) is 26.2 Å². The average Bonchev–Trinajstić information content (AvgIpc) is 2.65. The molecule has 26 heavy (non-hydrogen) atoms. The number of hydrogen-bond acceptors (Lipinski definition) is 4. The first-order chi connectivity index (χ1) is 12.7. The molecule has 6 N–H and O–H groups in total. The van der Waals surface area contributed by atoms with Crippen molar-refractivity contribution in [1.29, 1.82) is 0 Å². The largest absolute Gasteiger partial charge is 0.354 e. The average molecular weight is 371 g/mol. The minimum absolute atomic E-state index is 0.225. The van der Waals surface area contributed by atoms with Gasteiger partial charge in [0.25, 0.3) is 0 Å². The number of nitrogens with one attached hydrogen (secondary N) is 2. The van der Waals surface area contributed by atoms with Crippen LogP contribution < -0.4 is 22.1 Å². The quantitative estimate of drug-likeness (QED) is 0.219. The van der Waals surface area contributed by atoms with Crippen LogP contribution in [0.3, 0.4) is 0 Å². The Morgan fingerprint density at radius 1 is 0.692 bits per heavy atom. The summed E-state index contributed by atoms with van der Waals surface area (Å²) in [7, 11) is 0. The van der Waals surface area contributed by atoms with Crippen LogP contribution in [-0.4, -0.2) is 38.0 Å².